The Hall–Kier alpha value is -2.31. The zero-order chi connectivity index (χ0) is 24.6. The molecule has 0 N–H and O–H groups in total. The van der Waals surface area contributed by atoms with E-state index in [0.717, 1.165) is 52.1 Å². The molecular weight excluding hydrogens is 497 g/mol. The molecule has 0 radical (unpaired) electrons. The molecule has 4 aromatic rings. The molecule has 2 heterocycles. The van der Waals surface area contributed by atoms with E-state index in [0.29, 0.717) is 23.3 Å². The van der Waals surface area contributed by atoms with Crippen molar-refractivity contribution in [2.45, 2.75) is 62.3 Å². The molecule has 0 amide bonds. The van der Waals surface area contributed by atoms with E-state index in [2.05, 4.69) is 41.6 Å². The van der Waals surface area contributed by atoms with Crippen LogP contribution in [0.1, 0.15) is 49.0 Å². The molecule has 0 aliphatic heterocycles. The first-order chi connectivity index (χ1) is 17.0. The molecule has 0 aliphatic carbocycles. The van der Waals surface area contributed by atoms with Crippen molar-refractivity contribution in [1.82, 2.24) is 14.5 Å². The molecule has 4 nitrogen and oxygen atoms in total. The molecule has 0 saturated carbocycles. The number of hydrogen-bond donors (Lipinski definition) is 0. The molecule has 0 bridgehead atoms. The Morgan fingerprint density at radius 2 is 1.69 bits per heavy atom. The zero-order valence-electron chi connectivity index (χ0n) is 20.0. The van der Waals surface area contributed by atoms with Crippen molar-refractivity contribution in [2.24, 2.45) is 0 Å². The third-order valence-electron chi connectivity index (χ3n) is 5.51. The molecule has 4 rings (SSSR count). The van der Waals surface area contributed by atoms with Crippen molar-refractivity contribution in [1.29, 1.82) is 0 Å². The molecule has 0 saturated heterocycles. The summed E-state index contributed by atoms with van der Waals surface area (Å²) < 4.78 is 8.39. The van der Waals surface area contributed by atoms with Crippen molar-refractivity contribution < 1.29 is 4.74 Å². The van der Waals surface area contributed by atoms with E-state index >= 15 is 0 Å². The van der Waals surface area contributed by atoms with Gasteiger partial charge in [-0.2, -0.15) is 0 Å². The van der Waals surface area contributed by atoms with Crippen molar-refractivity contribution in [2.75, 3.05) is 0 Å². The molecule has 7 heteroatoms. The van der Waals surface area contributed by atoms with Gasteiger partial charge in [0.2, 0.25) is 0 Å². The van der Waals surface area contributed by atoms with E-state index in [9.17, 15) is 0 Å². The number of nitrogens with zero attached hydrogens (tertiary/aromatic N) is 3. The van der Waals surface area contributed by atoms with Crippen molar-refractivity contribution in [3.05, 3.63) is 106 Å². The Kier molecular flexibility index (Phi) is 9.27. The number of rotatable bonds is 11. The first-order valence-electron chi connectivity index (χ1n) is 11.7. The quantitative estimate of drug-likeness (QED) is 0.197. The summed E-state index contributed by atoms with van der Waals surface area (Å²) in [6, 6.07) is 21.9. The summed E-state index contributed by atoms with van der Waals surface area (Å²) >= 11 is 14.2. The van der Waals surface area contributed by atoms with E-state index in [1.54, 1.807) is 17.8 Å². The Labute approximate surface area is 221 Å². The molecule has 0 spiro atoms. The van der Waals surface area contributed by atoms with Crippen LogP contribution in [-0.2, 0) is 30.9 Å². The molecule has 2 aromatic heterocycles. The standard InChI is InChI=1S/C28H29Cl2N3OS/c1-20(2)27-28(35-25-16-22(29)15-23(30)17-25)33(14-8-12-24-11-6-7-13-31-24)26(32-27)19-34-18-21-9-4-3-5-10-21/h3-7,9-11,13,15-17,20H,8,12,14,18-19H2,1-2H3. The van der Waals surface area contributed by atoms with Gasteiger partial charge in [0, 0.05) is 33.4 Å². The Morgan fingerprint density at radius 1 is 0.943 bits per heavy atom. The first-order valence-corrected chi connectivity index (χ1v) is 13.3. The van der Waals surface area contributed by atoms with Gasteiger partial charge in [0.15, 0.2) is 0 Å². The normalized spacial score (nSPS) is 11.3. The van der Waals surface area contributed by atoms with Crippen LogP contribution in [0.25, 0.3) is 0 Å². The molecule has 2 aromatic carbocycles. The second-order valence-electron chi connectivity index (χ2n) is 8.64. The van der Waals surface area contributed by atoms with Gasteiger partial charge >= 0.3 is 0 Å². The van der Waals surface area contributed by atoms with Gasteiger partial charge in [-0.15, -0.1) is 0 Å². The maximum atomic E-state index is 6.29. The third kappa shape index (κ3) is 7.34. The second-order valence-corrected chi connectivity index (χ2v) is 10.6. The van der Waals surface area contributed by atoms with Crippen LogP contribution in [0.5, 0.6) is 0 Å². The van der Waals surface area contributed by atoms with Crippen LogP contribution >= 0.6 is 35.0 Å². The van der Waals surface area contributed by atoms with Gasteiger partial charge in [0.1, 0.15) is 17.5 Å². The second kappa shape index (κ2) is 12.6. The van der Waals surface area contributed by atoms with Gasteiger partial charge < -0.3 is 9.30 Å². The molecule has 0 fully saturated rings. The van der Waals surface area contributed by atoms with Gasteiger partial charge in [0.25, 0.3) is 0 Å². The summed E-state index contributed by atoms with van der Waals surface area (Å²) in [6.45, 7) is 6.14. The lowest BCUT2D eigenvalue weighted by Gasteiger charge is -2.14. The largest absolute Gasteiger partial charge is 0.369 e. The number of halogens is 2. The van der Waals surface area contributed by atoms with E-state index in [1.807, 2.05) is 48.7 Å². The number of aryl methyl sites for hydroxylation is 1. The van der Waals surface area contributed by atoms with Crippen LogP contribution < -0.4 is 0 Å². The maximum Gasteiger partial charge on any atom is 0.136 e. The van der Waals surface area contributed by atoms with Crippen LogP contribution in [-0.4, -0.2) is 14.5 Å². The number of benzene rings is 2. The van der Waals surface area contributed by atoms with Crippen molar-refractivity contribution in [3.63, 3.8) is 0 Å². The SMILES string of the molecule is CC(C)c1nc(COCc2ccccc2)n(CCCc2ccccn2)c1Sc1cc(Cl)cc(Cl)c1. The molecule has 0 aliphatic rings. The highest BCUT2D eigenvalue weighted by Gasteiger charge is 2.21. The summed E-state index contributed by atoms with van der Waals surface area (Å²) in [4.78, 5) is 10.5. The molecule has 0 atom stereocenters. The molecule has 182 valence electrons. The lowest BCUT2D eigenvalue weighted by molar-refractivity contribution is 0.0987. The van der Waals surface area contributed by atoms with Crippen LogP contribution in [0.3, 0.4) is 0 Å². The van der Waals surface area contributed by atoms with Crippen LogP contribution in [0.4, 0.5) is 0 Å². The van der Waals surface area contributed by atoms with E-state index in [1.165, 1.54) is 0 Å². The predicted octanol–water partition coefficient (Wildman–Crippen LogP) is 8.21. The average Bonchev–Trinajstić information content (AvgIpc) is 3.17. The van der Waals surface area contributed by atoms with Crippen LogP contribution in [0.2, 0.25) is 10.0 Å². The number of aromatic nitrogens is 3. The minimum Gasteiger partial charge on any atom is -0.369 e. The summed E-state index contributed by atoms with van der Waals surface area (Å²) in [7, 11) is 0. The highest BCUT2D eigenvalue weighted by Crippen LogP contribution is 2.37. The maximum absolute atomic E-state index is 6.29. The smallest absolute Gasteiger partial charge is 0.136 e. The fraction of sp³-hybridized carbons (Fsp3) is 0.286. The Bertz CT molecular complexity index is 1210. The lowest BCUT2D eigenvalue weighted by Crippen LogP contribution is -2.08. The number of imidazole rings is 1. The Morgan fingerprint density at radius 3 is 2.37 bits per heavy atom. The van der Waals surface area contributed by atoms with Gasteiger partial charge in [0.05, 0.1) is 12.3 Å². The zero-order valence-corrected chi connectivity index (χ0v) is 22.3. The fourth-order valence-electron chi connectivity index (χ4n) is 3.82. The lowest BCUT2D eigenvalue weighted by atomic mass is 10.1. The summed E-state index contributed by atoms with van der Waals surface area (Å²) in [5.74, 6) is 1.19. The molecule has 35 heavy (non-hydrogen) atoms. The monoisotopic (exact) mass is 525 g/mol. The van der Waals surface area contributed by atoms with Gasteiger partial charge in [-0.1, -0.05) is 85.2 Å². The van der Waals surface area contributed by atoms with Crippen molar-refractivity contribution >= 4 is 35.0 Å². The number of ether oxygens (including phenoxy) is 1. The van der Waals surface area contributed by atoms with Crippen molar-refractivity contribution in [3.8, 4) is 0 Å². The first kappa shape index (κ1) is 25.8. The van der Waals surface area contributed by atoms with Gasteiger partial charge in [-0.05, 0) is 54.7 Å². The van der Waals surface area contributed by atoms with E-state index in [-0.39, 0.29) is 5.92 Å². The van der Waals surface area contributed by atoms with E-state index in [4.69, 9.17) is 32.9 Å². The predicted molar refractivity (Wildman–Crippen MR) is 144 cm³/mol. The Balaban J connectivity index is 1.60. The van der Waals surface area contributed by atoms with Crippen LogP contribution in [0.15, 0.2) is 82.8 Å². The minimum atomic E-state index is 0.261. The highest BCUT2D eigenvalue weighted by atomic mass is 35.5. The molecular formula is C28H29Cl2N3OS. The van der Waals surface area contributed by atoms with Crippen LogP contribution in [0, 0.1) is 0 Å². The summed E-state index contributed by atoms with van der Waals surface area (Å²) in [5, 5.41) is 2.36. The average molecular weight is 527 g/mol. The fourth-order valence-corrected chi connectivity index (χ4v) is 5.77. The van der Waals surface area contributed by atoms with E-state index < -0.39 is 0 Å². The highest BCUT2D eigenvalue weighted by molar-refractivity contribution is 7.99. The van der Waals surface area contributed by atoms with Gasteiger partial charge in [-0.3, -0.25) is 4.98 Å². The minimum absolute atomic E-state index is 0.261. The van der Waals surface area contributed by atoms with Gasteiger partial charge in [-0.25, -0.2) is 4.98 Å². The number of hydrogen-bond acceptors (Lipinski definition) is 4. The summed E-state index contributed by atoms with van der Waals surface area (Å²) in [6.07, 6.45) is 3.68. The third-order valence-corrected chi connectivity index (χ3v) is 7.04. The topological polar surface area (TPSA) is 39.9 Å². The molecule has 0 unspecified atom stereocenters. The summed E-state index contributed by atoms with van der Waals surface area (Å²) in [5.41, 5.74) is 3.30. The number of pyridine rings is 1.